The van der Waals surface area contributed by atoms with Gasteiger partial charge in [0, 0.05) is 18.8 Å². The number of carboxylic acid groups (broad SMARTS) is 1. The fourth-order valence-corrected chi connectivity index (χ4v) is 1.53. The third-order valence-electron chi connectivity index (χ3n) is 2.39. The van der Waals surface area contributed by atoms with E-state index in [-0.39, 0.29) is 0 Å². The second-order valence-corrected chi connectivity index (χ2v) is 4.41. The number of benzene rings is 1. The largest absolute Gasteiger partial charge is 0.465 e. The van der Waals surface area contributed by atoms with Gasteiger partial charge in [-0.3, -0.25) is 0 Å². The average Bonchev–Trinajstić information content (AvgIpc) is 2.27. The summed E-state index contributed by atoms with van der Waals surface area (Å²) < 4.78 is 0. The predicted octanol–water partition coefficient (Wildman–Crippen LogP) is 2.56. The summed E-state index contributed by atoms with van der Waals surface area (Å²) >= 11 is 0. The lowest BCUT2D eigenvalue weighted by atomic mass is 10.1. The molecule has 0 aromatic heterocycles. The van der Waals surface area contributed by atoms with Crippen LogP contribution in [-0.2, 0) is 6.42 Å². The van der Waals surface area contributed by atoms with E-state index in [1.807, 2.05) is 24.3 Å². The van der Waals surface area contributed by atoms with Crippen LogP contribution in [0.15, 0.2) is 24.3 Å². The topological polar surface area (TPSA) is 61.4 Å². The maximum Gasteiger partial charge on any atom is 0.404 e. The summed E-state index contributed by atoms with van der Waals surface area (Å²) in [6.45, 7) is 5.67. The quantitative estimate of drug-likeness (QED) is 0.711. The monoisotopic (exact) mass is 236 g/mol. The molecule has 1 rings (SSSR count). The van der Waals surface area contributed by atoms with Gasteiger partial charge in [0.1, 0.15) is 0 Å². The molecular formula is C13H20N2O2. The van der Waals surface area contributed by atoms with Crippen LogP contribution >= 0.6 is 0 Å². The first-order valence-corrected chi connectivity index (χ1v) is 5.88. The Morgan fingerprint density at radius 2 is 2.06 bits per heavy atom. The third-order valence-corrected chi connectivity index (χ3v) is 2.39. The molecule has 0 saturated carbocycles. The van der Waals surface area contributed by atoms with Crippen molar-refractivity contribution in [3.63, 3.8) is 0 Å². The first kappa shape index (κ1) is 13.4. The maximum atomic E-state index is 10.4. The van der Waals surface area contributed by atoms with E-state index < -0.39 is 6.09 Å². The molecule has 0 atom stereocenters. The highest BCUT2D eigenvalue weighted by Crippen LogP contribution is 2.15. The molecule has 1 amide bonds. The van der Waals surface area contributed by atoms with Gasteiger partial charge in [0.05, 0.1) is 0 Å². The van der Waals surface area contributed by atoms with Crippen LogP contribution in [0.25, 0.3) is 0 Å². The normalized spacial score (nSPS) is 10.3. The van der Waals surface area contributed by atoms with E-state index in [0.29, 0.717) is 18.9 Å². The lowest BCUT2D eigenvalue weighted by molar-refractivity contribution is 0.194. The zero-order valence-corrected chi connectivity index (χ0v) is 10.4. The molecule has 1 aromatic rings. The molecule has 94 valence electrons. The molecule has 17 heavy (non-hydrogen) atoms. The zero-order valence-electron chi connectivity index (χ0n) is 10.4. The number of hydrogen-bond donors (Lipinski definition) is 3. The minimum atomic E-state index is -0.974. The Morgan fingerprint density at radius 1 is 1.35 bits per heavy atom. The van der Waals surface area contributed by atoms with Crippen LogP contribution < -0.4 is 10.6 Å². The summed E-state index contributed by atoms with van der Waals surface area (Å²) in [6, 6.07) is 8.00. The Kier molecular flexibility index (Phi) is 5.33. The van der Waals surface area contributed by atoms with Gasteiger partial charge in [0.25, 0.3) is 0 Å². The van der Waals surface area contributed by atoms with Crippen molar-refractivity contribution in [2.45, 2.75) is 20.3 Å². The molecule has 0 aliphatic carbocycles. The van der Waals surface area contributed by atoms with Gasteiger partial charge in [-0.1, -0.05) is 32.0 Å². The standard InChI is InChI=1S/C13H20N2O2/c1-10(2)9-15-12-6-4-3-5-11(12)7-8-14-13(16)17/h3-6,10,14-15H,7-9H2,1-2H3,(H,16,17). The molecule has 0 heterocycles. The van der Waals surface area contributed by atoms with Crippen molar-refractivity contribution >= 4 is 11.8 Å². The van der Waals surface area contributed by atoms with Crippen molar-refractivity contribution in [1.82, 2.24) is 5.32 Å². The minimum Gasteiger partial charge on any atom is -0.465 e. The van der Waals surface area contributed by atoms with Gasteiger partial charge in [-0.25, -0.2) is 4.79 Å². The Hall–Kier alpha value is -1.71. The van der Waals surface area contributed by atoms with Gasteiger partial charge in [0.15, 0.2) is 0 Å². The molecule has 0 bridgehead atoms. The van der Waals surface area contributed by atoms with Crippen LogP contribution in [0.5, 0.6) is 0 Å². The first-order valence-electron chi connectivity index (χ1n) is 5.88. The van der Waals surface area contributed by atoms with Crippen molar-refractivity contribution in [1.29, 1.82) is 0 Å². The zero-order chi connectivity index (χ0) is 12.7. The first-order chi connectivity index (χ1) is 8.09. The van der Waals surface area contributed by atoms with E-state index >= 15 is 0 Å². The third kappa shape index (κ3) is 5.24. The fourth-order valence-electron chi connectivity index (χ4n) is 1.53. The van der Waals surface area contributed by atoms with Gasteiger partial charge in [-0.15, -0.1) is 0 Å². The number of anilines is 1. The molecule has 0 spiro atoms. The number of hydrogen-bond acceptors (Lipinski definition) is 2. The van der Waals surface area contributed by atoms with E-state index in [4.69, 9.17) is 5.11 Å². The molecule has 3 N–H and O–H groups in total. The van der Waals surface area contributed by atoms with Crippen molar-refractivity contribution in [2.75, 3.05) is 18.4 Å². The van der Waals surface area contributed by atoms with Crippen LogP contribution in [0.1, 0.15) is 19.4 Å². The van der Waals surface area contributed by atoms with Gasteiger partial charge < -0.3 is 15.7 Å². The van der Waals surface area contributed by atoms with Crippen molar-refractivity contribution < 1.29 is 9.90 Å². The molecular weight excluding hydrogens is 216 g/mol. The van der Waals surface area contributed by atoms with Gasteiger partial charge >= 0.3 is 6.09 Å². The van der Waals surface area contributed by atoms with Crippen LogP contribution in [0.3, 0.4) is 0 Å². The van der Waals surface area contributed by atoms with E-state index in [9.17, 15) is 4.79 Å². The Labute approximate surface area is 102 Å². The lowest BCUT2D eigenvalue weighted by Crippen LogP contribution is -2.23. The van der Waals surface area contributed by atoms with Crippen molar-refractivity contribution in [3.05, 3.63) is 29.8 Å². The molecule has 0 aliphatic rings. The van der Waals surface area contributed by atoms with Gasteiger partial charge in [-0.2, -0.15) is 0 Å². The highest BCUT2D eigenvalue weighted by molar-refractivity contribution is 5.64. The van der Waals surface area contributed by atoms with Crippen molar-refractivity contribution in [2.24, 2.45) is 5.92 Å². The summed E-state index contributed by atoms with van der Waals surface area (Å²) in [6.07, 6.45) is -0.272. The van der Waals surface area contributed by atoms with Crippen LogP contribution in [0.4, 0.5) is 10.5 Å². The van der Waals surface area contributed by atoms with Gasteiger partial charge in [0.2, 0.25) is 0 Å². The van der Waals surface area contributed by atoms with Crippen molar-refractivity contribution in [3.8, 4) is 0 Å². The molecule has 0 aliphatic heterocycles. The molecule has 0 fully saturated rings. The fraction of sp³-hybridized carbons (Fsp3) is 0.462. The highest BCUT2D eigenvalue weighted by atomic mass is 16.4. The van der Waals surface area contributed by atoms with Gasteiger partial charge in [-0.05, 0) is 24.0 Å². The second kappa shape index (κ2) is 6.78. The summed E-state index contributed by atoms with van der Waals surface area (Å²) in [5.41, 5.74) is 2.23. The molecule has 0 saturated heterocycles. The smallest absolute Gasteiger partial charge is 0.404 e. The molecule has 4 nitrogen and oxygen atoms in total. The summed E-state index contributed by atoms with van der Waals surface area (Å²) in [4.78, 5) is 10.4. The van der Waals surface area contributed by atoms with E-state index in [0.717, 1.165) is 17.8 Å². The predicted molar refractivity (Wildman–Crippen MR) is 69.5 cm³/mol. The number of para-hydroxylation sites is 1. The summed E-state index contributed by atoms with van der Waals surface area (Å²) in [7, 11) is 0. The van der Waals surface area contributed by atoms with E-state index in [2.05, 4.69) is 24.5 Å². The molecule has 4 heteroatoms. The Bertz CT molecular complexity index is 364. The van der Waals surface area contributed by atoms with Crippen LogP contribution in [-0.4, -0.2) is 24.3 Å². The lowest BCUT2D eigenvalue weighted by Gasteiger charge is -2.13. The average molecular weight is 236 g/mol. The SMILES string of the molecule is CC(C)CNc1ccccc1CCNC(=O)O. The second-order valence-electron chi connectivity index (χ2n) is 4.41. The number of amides is 1. The Morgan fingerprint density at radius 3 is 2.71 bits per heavy atom. The number of nitrogens with one attached hydrogen (secondary N) is 2. The van der Waals surface area contributed by atoms with E-state index in [1.165, 1.54) is 0 Å². The van der Waals surface area contributed by atoms with E-state index in [1.54, 1.807) is 0 Å². The highest BCUT2D eigenvalue weighted by Gasteiger charge is 2.03. The van der Waals surface area contributed by atoms with Crippen LogP contribution in [0, 0.1) is 5.92 Å². The summed E-state index contributed by atoms with van der Waals surface area (Å²) in [5.74, 6) is 0.584. The molecule has 0 unspecified atom stereocenters. The molecule has 0 radical (unpaired) electrons. The Balaban J connectivity index is 2.54. The van der Waals surface area contributed by atoms with Crippen LogP contribution in [0.2, 0.25) is 0 Å². The minimum absolute atomic E-state index is 0.440. The molecule has 1 aromatic carbocycles. The number of rotatable bonds is 6. The number of carbonyl (C=O) groups is 1. The maximum absolute atomic E-state index is 10.4. The summed E-state index contributed by atoms with van der Waals surface area (Å²) in [5, 5.41) is 14.3.